The van der Waals surface area contributed by atoms with E-state index in [1.54, 1.807) is 31.2 Å². The lowest BCUT2D eigenvalue weighted by molar-refractivity contribution is -0.136. The first-order chi connectivity index (χ1) is 12.3. The van der Waals surface area contributed by atoms with Gasteiger partial charge in [0.05, 0.1) is 22.7 Å². The molecule has 3 N–H and O–H groups in total. The molecule has 2 rings (SSSR count). The molecule has 0 spiro atoms. The highest BCUT2D eigenvalue weighted by Gasteiger charge is 2.14. The van der Waals surface area contributed by atoms with E-state index < -0.39 is 16.0 Å². The van der Waals surface area contributed by atoms with Gasteiger partial charge in [-0.15, -0.1) is 0 Å². The molecule has 0 heterocycles. The maximum Gasteiger partial charge on any atom is 0.304 e. The minimum absolute atomic E-state index is 0.0333. The first-order valence-corrected chi connectivity index (χ1v) is 9.14. The van der Waals surface area contributed by atoms with E-state index in [1.165, 1.54) is 24.3 Å². The Morgan fingerprint density at radius 2 is 1.73 bits per heavy atom. The number of carbonyl (C=O) groups is 1. The van der Waals surface area contributed by atoms with Crippen molar-refractivity contribution < 1.29 is 22.7 Å². The summed E-state index contributed by atoms with van der Waals surface area (Å²) < 4.78 is 39.2. The predicted molar refractivity (Wildman–Crippen MR) is 96.1 cm³/mol. The third-order valence-corrected chi connectivity index (χ3v) is 4.89. The second-order valence-corrected chi connectivity index (χ2v) is 7.15. The highest BCUT2D eigenvalue weighted by molar-refractivity contribution is 7.89. The number of anilines is 1. The van der Waals surface area contributed by atoms with Crippen molar-refractivity contribution in [3.63, 3.8) is 0 Å². The average molecular weight is 379 g/mol. The van der Waals surface area contributed by atoms with Crippen molar-refractivity contribution in [1.29, 1.82) is 0 Å². The molecule has 0 aliphatic rings. The number of carboxylic acid groups (broad SMARTS) is 1. The van der Waals surface area contributed by atoms with Crippen LogP contribution in [0.1, 0.15) is 18.9 Å². The number of nitrogens with one attached hydrogen (secondary N) is 2. The average Bonchev–Trinajstić information content (AvgIpc) is 2.60. The van der Waals surface area contributed by atoms with E-state index in [4.69, 9.17) is 5.11 Å². The Morgan fingerprint density at radius 3 is 2.31 bits per heavy atom. The Morgan fingerprint density at radius 1 is 1.12 bits per heavy atom. The van der Waals surface area contributed by atoms with E-state index in [0.29, 0.717) is 17.0 Å². The fraction of sp³-hybridized carbons (Fsp3) is 0.176. The normalized spacial score (nSPS) is 12.0. The molecule has 0 aromatic heterocycles. The standard InChI is InChI=1S/C17H18FN3O4S/c1-12(20-21-15-6-4-14(18)5-7-15)13-2-8-16(9-3-13)26(24,25)19-11-10-17(22)23/h2-9,19,21H,10-11H2,1H3,(H,22,23)/b20-12-. The van der Waals surface area contributed by atoms with E-state index in [0.717, 1.165) is 0 Å². The minimum Gasteiger partial charge on any atom is -0.481 e. The van der Waals surface area contributed by atoms with Gasteiger partial charge >= 0.3 is 5.97 Å². The van der Waals surface area contributed by atoms with Crippen molar-refractivity contribution in [2.75, 3.05) is 12.0 Å². The van der Waals surface area contributed by atoms with Gasteiger partial charge < -0.3 is 5.11 Å². The van der Waals surface area contributed by atoms with Crippen molar-refractivity contribution >= 4 is 27.4 Å². The second kappa shape index (κ2) is 8.54. The lowest BCUT2D eigenvalue weighted by Gasteiger charge is -2.07. The molecule has 2 aromatic rings. The zero-order valence-corrected chi connectivity index (χ0v) is 14.8. The fourth-order valence-electron chi connectivity index (χ4n) is 1.99. The number of aliphatic carboxylic acids is 1. The zero-order chi connectivity index (χ0) is 19.2. The third kappa shape index (κ3) is 5.64. The Balaban J connectivity index is 2.04. The Kier molecular flexibility index (Phi) is 6.42. The van der Waals surface area contributed by atoms with Crippen molar-refractivity contribution in [1.82, 2.24) is 4.72 Å². The summed E-state index contributed by atoms with van der Waals surface area (Å²) in [6, 6.07) is 11.7. The van der Waals surface area contributed by atoms with Gasteiger partial charge in [-0.2, -0.15) is 5.10 Å². The van der Waals surface area contributed by atoms with Gasteiger partial charge in [0.1, 0.15) is 5.82 Å². The molecule has 0 unspecified atom stereocenters. The topological polar surface area (TPSA) is 108 Å². The molecule has 138 valence electrons. The van der Waals surface area contributed by atoms with E-state index in [2.05, 4.69) is 15.2 Å². The summed E-state index contributed by atoms with van der Waals surface area (Å²) >= 11 is 0. The van der Waals surface area contributed by atoms with Crippen molar-refractivity contribution in [2.45, 2.75) is 18.2 Å². The molecule has 2 aromatic carbocycles. The molecule has 0 aliphatic heterocycles. The zero-order valence-electron chi connectivity index (χ0n) is 13.9. The maximum atomic E-state index is 12.9. The van der Waals surface area contributed by atoms with E-state index in [-0.39, 0.29) is 23.7 Å². The van der Waals surface area contributed by atoms with Crippen LogP contribution in [0.2, 0.25) is 0 Å². The van der Waals surface area contributed by atoms with E-state index in [9.17, 15) is 17.6 Å². The summed E-state index contributed by atoms with van der Waals surface area (Å²) in [6.45, 7) is 1.56. The predicted octanol–water partition coefficient (Wildman–Crippen LogP) is 2.41. The number of carboxylic acids is 1. The fourth-order valence-corrected chi connectivity index (χ4v) is 3.02. The molecule has 0 bridgehead atoms. The number of halogens is 1. The minimum atomic E-state index is -3.76. The molecular formula is C17H18FN3O4S. The van der Waals surface area contributed by atoms with Gasteiger partial charge in [-0.25, -0.2) is 17.5 Å². The summed E-state index contributed by atoms with van der Waals surface area (Å²) in [5.41, 5.74) is 4.71. The van der Waals surface area contributed by atoms with Gasteiger partial charge in [0.2, 0.25) is 10.0 Å². The summed E-state index contributed by atoms with van der Waals surface area (Å²) in [5, 5.41) is 12.7. The van der Waals surface area contributed by atoms with Crippen LogP contribution in [0.25, 0.3) is 0 Å². The van der Waals surface area contributed by atoms with Crippen LogP contribution in [0.5, 0.6) is 0 Å². The maximum absolute atomic E-state index is 12.9. The number of nitrogens with zero attached hydrogens (tertiary/aromatic N) is 1. The third-order valence-electron chi connectivity index (χ3n) is 3.41. The first-order valence-electron chi connectivity index (χ1n) is 7.66. The molecule has 0 saturated heterocycles. The number of hydrogen-bond donors (Lipinski definition) is 3. The summed E-state index contributed by atoms with van der Waals surface area (Å²) in [4.78, 5) is 10.5. The summed E-state index contributed by atoms with van der Waals surface area (Å²) in [5.74, 6) is -1.42. The smallest absolute Gasteiger partial charge is 0.304 e. The molecule has 7 nitrogen and oxygen atoms in total. The Bertz CT molecular complexity index is 895. The molecule has 0 radical (unpaired) electrons. The largest absolute Gasteiger partial charge is 0.481 e. The van der Waals surface area contributed by atoms with Crippen molar-refractivity contribution in [3.8, 4) is 0 Å². The number of hydrazone groups is 1. The van der Waals surface area contributed by atoms with Crippen LogP contribution in [-0.4, -0.2) is 31.8 Å². The van der Waals surface area contributed by atoms with Crippen LogP contribution in [0.15, 0.2) is 58.5 Å². The van der Waals surface area contributed by atoms with Crippen LogP contribution in [0.3, 0.4) is 0 Å². The molecule has 0 aliphatic carbocycles. The second-order valence-electron chi connectivity index (χ2n) is 5.38. The van der Waals surface area contributed by atoms with Crippen LogP contribution in [0.4, 0.5) is 10.1 Å². The van der Waals surface area contributed by atoms with Gasteiger partial charge in [-0.1, -0.05) is 12.1 Å². The van der Waals surface area contributed by atoms with Crippen LogP contribution < -0.4 is 10.1 Å². The molecular weight excluding hydrogens is 361 g/mol. The number of rotatable bonds is 8. The van der Waals surface area contributed by atoms with Crippen LogP contribution in [-0.2, 0) is 14.8 Å². The number of hydrogen-bond acceptors (Lipinski definition) is 5. The number of benzene rings is 2. The molecule has 0 atom stereocenters. The molecule has 0 saturated carbocycles. The summed E-state index contributed by atoms with van der Waals surface area (Å²) in [7, 11) is -3.76. The summed E-state index contributed by atoms with van der Waals surface area (Å²) in [6.07, 6.45) is -0.294. The molecule has 26 heavy (non-hydrogen) atoms. The van der Waals surface area contributed by atoms with Gasteiger partial charge in [0.15, 0.2) is 0 Å². The molecule has 0 fully saturated rings. The monoisotopic (exact) mass is 379 g/mol. The van der Waals surface area contributed by atoms with E-state index >= 15 is 0 Å². The lowest BCUT2D eigenvalue weighted by Crippen LogP contribution is -2.26. The van der Waals surface area contributed by atoms with Gasteiger partial charge in [-0.05, 0) is 48.9 Å². The SMILES string of the molecule is C/C(=N/Nc1ccc(F)cc1)c1ccc(S(=O)(=O)NCCC(=O)O)cc1. The molecule has 0 amide bonds. The Hall–Kier alpha value is -2.78. The quantitative estimate of drug-likeness (QED) is 0.482. The van der Waals surface area contributed by atoms with Crippen molar-refractivity contribution in [2.24, 2.45) is 5.10 Å². The van der Waals surface area contributed by atoms with Gasteiger partial charge in [0, 0.05) is 6.54 Å². The van der Waals surface area contributed by atoms with Crippen LogP contribution >= 0.6 is 0 Å². The van der Waals surface area contributed by atoms with Crippen molar-refractivity contribution in [3.05, 3.63) is 59.9 Å². The number of sulfonamides is 1. The van der Waals surface area contributed by atoms with Gasteiger partial charge in [0.25, 0.3) is 0 Å². The molecule has 9 heteroatoms. The highest BCUT2D eigenvalue weighted by Crippen LogP contribution is 2.13. The van der Waals surface area contributed by atoms with Crippen LogP contribution in [0, 0.1) is 5.82 Å². The van der Waals surface area contributed by atoms with E-state index in [1.807, 2.05) is 0 Å². The lowest BCUT2D eigenvalue weighted by atomic mass is 10.1. The first kappa shape index (κ1) is 19.5. The highest BCUT2D eigenvalue weighted by atomic mass is 32.2. The van der Waals surface area contributed by atoms with Gasteiger partial charge in [-0.3, -0.25) is 10.2 Å². The Labute approximate surface area is 150 Å².